The molecule has 86 valence electrons. The van der Waals surface area contributed by atoms with E-state index in [0.717, 1.165) is 0 Å². The summed E-state index contributed by atoms with van der Waals surface area (Å²) in [5.74, 6) is -0.0250. The van der Waals surface area contributed by atoms with Gasteiger partial charge in [-0.1, -0.05) is 0 Å². The number of aryl methyl sites for hydroxylation is 1. The summed E-state index contributed by atoms with van der Waals surface area (Å²) in [4.78, 5) is 3.78. The van der Waals surface area contributed by atoms with E-state index >= 15 is 0 Å². The van der Waals surface area contributed by atoms with E-state index in [0.29, 0.717) is 5.56 Å². The maximum absolute atomic E-state index is 12.0. The van der Waals surface area contributed by atoms with Crippen molar-refractivity contribution in [1.82, 2.24) is 4.98 Å². The summed E-state index contributed by atoms with van der Waals surface area (Å²) in [5.41, 5.74) is 0.692. The fourth-order valence-corrected chi connectivity index (χ4v) is 2.90. The monoisotopic (exact) mass is 258 g/mol. The minimum absolute atomic E-state index is 0.0250. The predicted octanol–water partition coefficient (Wildman–Crippen LogP) is 1.66. The number of halogens is 1. The summed E-state index contributed by atoms with van der Waals surface area (Å²) >= 11 is 5.53. The van der Waals surface area contributed by atoms with Gasteiger partial charge in [0.05, 0.1) is 10.8 Å². The van der Waals surface area contributed by atoms with Crippen molar-refractivity contribution in [3.63, 3.8) is 0 Å². The number of nitriles is 1. The van der Waals surface area contributed by atoms with Gasteiger partial charge >= 0.3 is 0 Å². The highest BCUT2D eigenvalue weighted by atomic mass is 35.5. The lowest BCUT2D eigenvalue weighted by atomic mass is 10.2. The van der Waals surface area contributed by atoms with Gasteiger partial charge in [0.15, 0.2) is 5.03 Å². The van der Waals surface area contributed by atoms with Crippen LogP contribution in [0.2, 0.25) is 0 Å². The highest BCUT2D eigenvalue weighted by molar-refractivity contribution is 7.92. The predicted molar refractivity (Wildman–Crippen MR) is 61.1 cm³/mol. The highest BCUT2D eigenvalue weighted by Crippen LogP contribution is 2.20. The smallest absolute Gasteiger partial charge is 0.200 e. The third kappa shape index (κ3) is 2.18. The van der Waals surface area contributed by atoms with Crippen molar-refractivity contribution in [1.29, 1.82) is 5.26 Å². The topological polar surface area (TPSA) is 70.8 Å². The summed E-state index contributed by atoms with van der Waals surface area (Å²) < 4.78 is 24.0. The molecule has 4 nitrogen and oxygen atoms in total. The van der Waals surface area contributed by atoms with Crippen molar-refractivity contribution in [3.05, 3.63) is 23.4 Å². The van der Waals surface area contributed by atoms with Crippen LogP contribution in [0.5, 0.6) is 0 Å². The Hall–Kier alpha value is -1.12. The zero-order valence-electron chi connectivity index (χ0n) is 8.94. The van der Waals surface area contributed by atoms with Gasteiger partial charge in [0.2, 0.25) is 9.84 Å². The van der Waals surface area contributed by atoms with Gasteiger partial charge in [-0.25, -0.2) is 13.4 Å². The minimum atomic E-state index is -3.62. The van der Waals surface area contributed by atoms with E-state index < -0.39 is 15.1 Å². The van der Waals surface area contributed by atoms with Gasteiger partial charge in [-0.3, -0.25) is 0 Å². The van der Waals surface area contributed by atoms with Gasteiger partial charge in [-0.15, -0.1) is 11.6 Å². The molecule has 6 heteroatoms. The molecule has 1 aromatic heterocycles. The Labute approximate surface area is 99.8 Å². The zero-order valence-corrected chi connectivity index (χ0v) is 10.5. The maximum atomic E-state index is 12.0. The van der Waals surface area contributed by atoms with Crippen LogP contribution in [-0.4, -0.2) is 24.5 Å². The van der Waals surface area contributed by atoms with Crippen molar-refractivity contribution in [2.24, 2.45) is 0 Å². The first-order chi connectivity index (χ1) is 7.45. The van der Waals surface area contributed by atoms with E-state index in [2.05, 4.69) is 4.98 Å². The second-order valence-corrected chi connectivity index (χ2v) is 6.02. The number of aromatic nitrogens is 1. The Balaban J connectivity index is 3.47. The molecule has 0 radical (unpaired) electrons. The summed E-state index contributed by atoms with van der Waals surface area (Å²) in [7, 11) is -3.62. The molecule has 0 bridgehead atoms. The van der Waals surface area contributed by atoms with Gasteiger partial charge in [0, 0.05) is 12.1 Å². The molecule has 1 atom stereocenters. The Morgan fingerprint density at radius 1 is 1.62 bits per heavy atom. The van der Waals surface area contributed by atoms with Gasteiger partial charge in [0.1, 0.15) is 6.07 Å². The average molecular weight is 259 g/mol. The van der Waals surface area contributed by atoms with Crippen molar-refractivity contribution < 1.29 is 8.42 Å². The number of sulfone groups is 1. The molecule has 0 N–H and O–H groups in total. The number of rotatable bonds is 3. The van der Waals surface area contributed by atoms with Gasteiger partial charge in [-0.2, -0.15) is 5.26 Å². The van der Waals surface area contributed by atoms with Crippen molar-refractivity contribution in [2.45, 2.75) is 24.1 Å². The average Bonchev–Trinajstić information content (AvgIpc) is 2.27. The lowest BCUT2D eigenvalue weighted by Gasteiger charge is -2.10. The maximum Gasteiger partial charge on any atom is 0.200 e. The Kier molecular flexibility index (Phi) is 3.89. The van der Waals surface area contributed by atoms with E-state index in [4.69, 9.17) is 16.9 Å². The van der Waals surface area contributed by atoms with Crippen LogP contribution in [0.1, 0.15) is 18.1 Å². The standard InChI is InChI=1S/C10H11ClN2O2S/c1-7-3-4-13-10(9(7)6-12)16(14,15)8(2)5-11/h3-4,8H,5H2,1-2H3. The van der Waals surface area contributed by atoms with Crippen LogP contribution < -0.4 is 0 Å². The van der Waals surface area contributed by atoms with E-state index in [1.54, 1.807) is 13.0 Å². The largest absolute Gasteiger partial charge is 0.243 e. The van der Waals surface area contributed by atoms with Crippen LogP contribution >= 0.6 is 11.6 Å². The molecule has 0 aliphatic carbocycles. The van der Waals surface area contributed by atoms with Crippen LogP contribution in [-0.2, 0) is 9.84 Å². The van der Waals surface area contributed by atoms with Gasteiger partial charge in [-0.05, 0) is 25.5 Å². The van der Waals surface area contributed by atoms with Crippen LogP contribution in [0.25, 0.3) is 0 Å². The van der Waals surface area contributed by atoms with Crippen LogP contribution in [0.4, 0.5) is 0 Å². The van der Waals surface area contributed by atoms with Crippen LogP contribution in [0.15, 0.2) is 17.3 Å². The van der Waals surface area contributed by atoms with Crippen LogP contribution in [0, 0.1) is 18.3 Å². The molecular formula is C10H11ClN2O2S. The Morgan fingerprint density at radius 2 is 2.25 bits per heavy atom. The lowest BCUT2D eigenvalue weighted by molar-refractivity contribution is 0.583. The van der Waals surface area contributed by atoms with E-state index in [9.17, 15) is 8.42 Å². The third-order valence-corrected chi connectivity index (χ3v) is 4.97. The molecule has 0 aliphatic heterocycles. The van der Waals surface area contributed by atoms with Crippen molar-refractivity contribution >= 4 is 21.4 Å². The quantitative estimate of drug-likeness (QED) is 0.773. The molecule has 0 saturated carbocycles. The van der Waals surface area contributed by atoms with Crippen LogP contribution in [0.3, 0.4) is 0 Å². The Bertz CT molecular complexity index is 534. The molecule has 1 unspecified atom stereocenters. The molecule has 1 heterocycles. The first-order valence-corrected chi connectivity index (χ1v) is 6.68. The zero-order chi connectivity index (χ0) is 12.3. The molecule has 0 amide bonds. The van der Waals surface area contributed by atoms with E-state index in [1.165, 1.54) is 13.1 Å². The summed E-state index contributed by atoms with van der Waals surface area (Å²) in [6.45, 7) is 3.16. The highest BCUT2D eigenvalue weighted by Gasteiger charge is 2.27. The minimum Gasteiger partial charge on any atom is -0.243 e. The number of alkyl halides is 1. The van der Waals surface area contributed by atoms with Gasteiger partial charge < -0.3 is 0 Å². The molecular weight excluding hydrogens is 248 g/mol. The fourth-order valence-electron chi connectivity index (χ4n) is 1.16. The number of pyridine rings is 1. The summed E-state index contributed by atoms with van der Waals surface area (Å²) in [5, 5.41) is 8.00. The van der Waals surface area contributed by atoms with Gasteiger partial charge in [0.25, 0.3) is 0 Å². The number of hydrogen-bond donors (Lipinski definition) is 0. The SMILES string of the molecule is Cc1ccnc(S(=O)(=O)C(C)CCl)c1C#N. The first-order valence-electron chi connectivity index (χ1n) is 4.60. The number of nitrogens with zero attached hydrogens (tertiary/aromatic N) is 2. The second-order valence-electron chi connectivity index (χ2n) is 3.43. The summed E-state index contributed by atoms with van der Waals surface area (Å²) in [6, 6.07) is 3.46. The number of hydrogen-bond acceptors (Lipinski definition) is 4. The lowest BCUT2D eigenvalue weighted by Crippen LogP contribution is -2.22. The van der Waals surface area contributed by atoms with Crippen molar-refractivity contribution in [2.75, 3.05) is 5.88 Å². The fraction of sp³-hybridized carbons (Fsp3) is 0.400. The normalized spacial score (nSPS) is 13.1. The first kappa shape index (κ1) is 12.9. The second kappa shape index (κ2) is 4.81. The molecule has 0 saturated heterocycles. The molecule has 1 aromatic rings. The molecule has 1 rings (SSSR count). The molecule has 0 spiro atoms. The molecule has 0 fully saturated rings. The molecule has 16 heavy (non-hydrogen) atoms. The van der Waals surface area contributed by atoms with Crippen molar-refractivity contribution in [3.8, 4) is 6.07 Å². The summed E-state index contributed by atoms with van der Waals surface area (Å²) in [6.07, 6.45) is 1.38. The van der Waals surface area contributed by atoms with E-state index in [1.807, 2.05) is 6.07 Å². The Morgan fingerprint density at radius 3 is 2.75 bits per heavy atom. The third-order valence-electron chi connectivity index (χ3n) is 2.25. The molecule has 0 aromatic carbocycles. The molecule has 0 aliphatic rings. The van der Waals surface area contributed by atoms with E-state index in [-0.39, 0.29) is 16.5 Å².